The normalized spacial score (nSPS) is 12.8. The van der Waals surface area contributed by atoms with Crippen LogP contribution in [0.4, 0.5) is 4.39 Å². The van der Waals surface area contributed by atoms with Gasteiger partial charge in [0.05, 0.1) is 21.7 Å². The highest BCUT2D eigenvalue weighted by atomic mass is 32.2. The summed E-state index contributed by atoms with van der Waals surface area (Å²) in [6, 6.07) is 12.7. The van der Waals surface area contributed by atoms with Gasteiger partial charge in [0.25, 0.3) is 10.0 Å². The predicted octanol–water partition coefficient (Wildman–Crippen LogP) is 3.17. The molecule has 0 radical (unpaired) electrons. The molecule has 1 aromatic heterocycles. The van der Waals surface area contributed by atoms with Crippen LogP contribution in [0, 0.1) is 5.82 Å². The van der Waals surface area contributed by atoms with Gasteiger partial charge in [0.15, 0.2) is 0 Å². The highest BCUT2D eigenvalue weighted by Gasteiger charge is 2.16. The van der Waals surface area contributed by atoms with E-state index in [0.29, 0.717) is 30.0 Å². The SMILES string of the molecule is CCOCCn1c(=NS(=O)(=O)c2ccccc2)sc2cccc(F)c21. The van der Waals surface area contributed by atoms with Crippen LogP contribution in [-0.4, -0.2) is 26.2 Å². The first kappa shape index (κ1) is 17.8. The summed E-state index contributed by atoms with van der Waals surface area (Å²) >= 11 is 1.14. The van der Waals surface area contributed by atoms with Gasteiger partial charge in [-0.3, -0.25) is 0 Å². The van der Waals surface area contributed by atoms with Crippen molar-refractivity contribution in [2.75, 3.05) is 13.2 Å². The minimum absolute atomic E-state index is 0.101. The molecule has 0 saturated heterocycles. The van der Waals surface area contributed by atoms with Crippen molar-refractivity contribution in [1.29, 1.82) is 0 Å². The average molecular weight is 380 g/mol. The van der Waals surface area contributed by atoms with Gasteiger partial charge in [-0.2, -0.15) is 8.42 Å². The molecule has 3 aromatic rings. The second kappa shape index (κ2) is 7.47. The highest BCUT2D eigenvalue weighted by molar-refractivity contribution is 7.90. The Bertz CT molecular complexity index is 1040. The monoisotopic (exact) mass is 380 g/mol. The molecule has 0 N–H and O–H groups in total. The van der Waals surface area contributed by atoms with Crippen LogP contribution in [0.3, 0.4) is 0 Å². The molecule has 0 aliphatic carbocycles. The third kappa shape index (κ3) is 3.81. The molecule has 2 aromatic carbocycles. The van der Waals surface area contributed by atoms with Crippen molar-refractivity contribution in [1.82, 2.24) is 4.57 Å². The third-order valence-corrected chi connectivity index (χ3v) is 5.99. The van der Waals surface area contributed by atoms with Gasteiger partial charge >= 0.3 is 0 Å². The van der Waals surface area contributed by atoms with Gasteiger partial charge in [-0.05, 0) is 31.2 Å². The van der Waals surface area contributed by atoms with Crippen molar-refractivity contribution in [2.45, 2.75) is 18.4 Å². The Morgan fingerprint density at radius 3 is 2.64 bits per heavy atom. The van der Waals surface area contributed by atoms with Crippen LogP contribution in [0.5, 0.6) is 0 Å². The van der Waals surface area contributed by atoms with Gasteiger partial charge in [0, 0.05) is 13.2 Å². The minimum atomic E-state index is -3.88. The van der Waals surface area contributed by atoms with Crippen LogP contribution in [0.15, 0.2) is 57.8 Å². The molecule has 0 aliphatic heterocycles. The molecule has 0 spiro atoms. The van der Waals surface area contributed by atoms with E-state index in [-0.39, 0.29) is 9.70 Å². The number of ether oxygens (including phenoxy) is 1. The smallest absolute Gasteiger partial charge is 0.285 e. The lowest BCUT2D eigenvalue weighted by Gasteiger charge is -2.06. The molecule has 0 fully saturated rings. The van der Waals surface area contributed by atoms with Gasteiger partial charge in [-0.1, -0.05) is 35.6 Å². The van der Waals surface area contributed by atoms with E-state index >= 15 is 0 Å². The minimum Gasteiger partial charge on any atom is -0.380 e. The maximum absolute atomic E-state index is 14.3. The van der Waals surface area contributed by atoms with E-state index in [9.17, 15) is 12.8 Å². The zero-order chi connectivity index (χ0) is 17.9. The van der Waals surface area contributed by atoms with E-state index in [1.54, 1.807) is 34.9 Å². The van der Waals surface area contributed by atoms with Crippen LogP contribution < -0.4 is 4.80 Å². The quantitative estimate of drug-likeness (QED) is 0.617. The van der Waals surface area contributed by atoms with Crippen molar-refractivity contribution >= 4 is 31.6 Å². The Morgan fingerprint density at radius 2 is 1.92 bits per heavy atom. The van der Waals surface area contributed by atoms with E-state index < -0.39 is 15.8 Å². The maximum atomic E-state index is 14.3. The van der Waals surface area contributed by atoms with Crippen molar-refractivity contribution in [3.63, 3.8) is 0 Å². The number of hydrogen-bond donors (Lipinski definition) is 0. The number of nitrogens with zero attached hydrogens (tertiary/aromatic N) is 2. The van der Waals surface area contributed by atoms with Crippen molar-refractivity contribution < 1.29 is 17.5 Å². The molecule has 0 aliphatic rings. The molecule has 132 valence electrons. The summed E-state index contributed by atoms with van der Waals surface area (Å²) in [5.74, 6) is -0.413. The molecule has 8 heteroatoms. The molecule has 1 heterocycles. The third-order valence-electron chi connectivity index (χ3n) is 3.55. The Morgan fingerprint density at radius 1 is 1.16 bits per heavy atom. The number of hydrogen-bond acceptors (Lipinski definition) is 4. The number of fused-ring (bicyclic) bond motifs is 1. The fourth-order valence-electron chi connectivity index (χ4n) is 2.41. The van der Waals surface area contributed by atoms with Gasteiger partial charge < -0.3 is 9.30 Å². The van der Waals surface area contributed by atoms with Gasteiger partial charge in [0.2, 0.25) is 4.80 Å². The molecule has 0 atom stereocenters. The molecule has 0 unspecified atom stereocenters. The molecule has 0 saturated carbocycles. The summed E-state index contributed by atoms with van der Waals surface area (Å²) < 4.78 is 50.9. The molecule has 0 bridgehead atoms. The lowest BCUT2D eigenvalue weighted by atomic mass is 10.3. The number of benzene rings is 2. The number of sulfonamides is 1. The standard InChI is InChI=1S/C17H17FN2O3S2/c1-2-23-12-11-20-16-14(18)9-6-10-15(16)24-17(20)19-25(21,22)13-7-4-3-5-8-13/h3-10H,2,11-12H2,1H3. The number of para-hydroxylation sites is 1. The molecular weight excluding hydrogens is 363 g/mol. The van der Waals surface area contributed by atoms with Crippen LogP contribution >= 0.6 is 11.3 Å². The van der Waals surface area contributed by atoms with E-state index in [1.807, 2.05) is 6.92 Å². The zero-order valence-electron chi connectivity index (χ0n) is 13.6. The number of thiazole rings is 1. The summed E-state index contributed by atoms with van der Waals surface area (Å²) in [6.07, 6.45) is 0. The second-order valence-corrected chi connectivity index (χ2v) is 7.81. The van der Waals surface area contributed by atoms with Crippen LogP contribution in [-0.2, 0) is 21.3 Å². The summed E-state index contributed by atoms with van der Waals surface area (Å²) in [6.45, 7) is 3.05. The predicted molar refractivity (Wildman–Crippen MR) is 95.5 cm³/mol. The zero-order valence-corrected chi connectivity index (χ0v) is 15.2. The van der Waals surface area contributed by atoms with E-state index in [4.69, 9.17) is 4.74 Å². The van der Waals surface area contributed by atoms with Crippen LogP contribution in [0.2, 0.25) is 0 Å². The molecule has 0 amide bonds. The van der Waals surface area contributed by atoms with Crippen molar-refractivity contribution in [2.24, 2.45) is 4.40 Å². The van der Waals surface area contributed by atoms with E-state index in [0.717, 1.165) is 11.3 Å². The fraction of sp³-hybridized carbons (Fsp3) is 0.235. The number of rotatable bonds is 6. The van der Waals surface area contributed by atoms with Crippen molar-refractivity contribution in [3.8, 4) is 0 Å². The van der Waals surface area contributed by atoms with Gasteiger partial charge in [0.1, 0.15) is 5.82 Å². The lowest BCUT2D eigenvalue weighted by Crippen LogP contribution is -2.20. The second-order valence-electron chi connectivity index (χ2n) is 5.20. The molecule has 25 heavy (non-hydrogen) atoms. The van der Waals surface area contributed by atoms with E-state index in [1.165, 1.54) is 18.2 Å². The summed E-state index contributed by atoms with van der Waals surface area (Å²) in [5.41, 5.74) is 0.342. The van der Waals surface area contributed by atoms with Crippen LogP contribution in [0.1, 0.15) is 6.92 Å². The Labute approximate surface area is 149 Å². The topological polar surface area (TPSA) is 60.7 Å². The van der Waals surface area contributed by atoms with E-state index in [2.05, 4.69) is 4.40 Å². The molecule has 3 rings (SSSR count). The Hall–Kier alpha value is -2.03. The summed E-state index contributed by atoms with van der Waals surface area (Å²) in [4.78, 5) is 0.327. The number of halogens is 1. The number of aromatic nitrogens is 1. The van der Waals surface area contributed by atoms with Gasteiger partial charge in [-0.15, -0.1) is 4.40 Å². The Kier molecular flexibility index (Phi) is 5.31. The highest BCUT2D eigenvalue weighted by Crippen LogP contribution is 2.21. The first-order valence-electron chi connectivity index (χ1n) is 7.74. The largest absolute Gasteiger partial charge is 0.380 e. The lowest BCUT2D eigenvalue weighted by molar-refractivity contribution is 0.139. The first-order valence-corrected chi connectivity index (χ1v) is 10.0. The van der Waals surface area contributed by atoms with Gasteiger partial charge in [-0.25, -0.2) is 4.39 Å². The Balaban J connectivity index is 2.18. The summed E-state index contributed by atoms with van der Waals surface area (Å²) in [5, 5.41) is 0. The summed E-state index contributed by atoms with van der Waals surface area (Å²) in [7, 11) is -3.88. The average Bonchev–Trinajstić information content (AvgIpc) is 2.94. The fourth-order valence-corrected chi connectivity index (χ4v) is 4.71. The molecule has 5 nitrogen and oxygen atoms in total. The van der Waals surface area contributed by atoms with Crippen LogP contribution in [0.25, 0.3) is 10.2 Å². The maximum Gasteiger partial charge on any atom is 0.285 e. The molecular formula is C17H17FN2O3S2. The first-order chi connectivity index (χ1) is 12.0. The van der Waals surface area contributed by atoms with Crippen molar-refractivity contribution in [3.05, 3.63) is 59.1 Å².